The van der Waals surface area contributed by atoms with E-state index in [1.165, 1.54) is 30.6 Å². The Bertz CT molecular complexity index is 1400. The molecule has 2 amide bonds. The lowest BCUT2D eigenvalue weighted by Gasteiger charge is -2.31. The number of piperidine rings is 1. The van der Waals surface area contributed by atoms with Crippen molar-refractivity contribution in [3.63, 3.8) is 0 Å². The summed E-state index contributed by atoms with van der Waals surface area (Å²) in [5, 5.41) is 12.0. The summed E-state index contributed by atoms with van der Waals surface area (Å²) in [4.78, 5) is 59.3. The number of nitrogens with zero attached hydrogens (tertiary/aromatic N) is 5. The van der Waals surface area contributed by atoms with Gasteiger partial charge in [0.25, 0.3) is 11.8 Å². The first-order valence-electron chi connectivity index (χ1n) is 12.2. The molecule has 2 aromatic carbocycles. The van der Waals surface area contributed by atoms with Crippen molar-refractivity contribution < 1.29 is 33.5 Å². The van der Waals surface area contributed by atoms with Crippen LogP contribution in [0, 0.1) is 10.1 Å². The van der Waals surface area contributed by atoms with Crippen LogP contribution in [0.2, 0.25) is 0 Å². The van der Waals surface area contributed by atoms with Crippen LogP contribution in [-0.4, -0.2) is 58.7 Å². The molecule has 0 radical (unpaired) electrons. The average Bonchev–Trinajstić information content (AvgIpc) is 3.19. The molecule has 1 fully saturated rings. The minimum atomic E-state index is -0.742. The largest absolute Gasteiger partial charge is 0.508 e. The molecule has 0 unspecified atom stereocenters. The van der Waals surface area contributed by atoms with Gasteiger partial charge in [-0.3, -0.25) is 19.7 Å². The van der Waals surface area contributed by atoms with Crippen LogP contribution in [0.25, 0.3) is 0 Å². The number of ether oxygens (including phenoxy) is 3. The molecular formula is C26H23N5O8. The maximum Gasteiger partial charge on any atom is 0.508 e. The van der Waals surface area contributed by atoms with Crippen molar-refractivity contribution in [2.75, 3.05) is 29.5 Å². The Morgan fingerprint density at radius 1 is 1.03 bits per heavy atom. The van der Waals surface area contributed by atoms with Crippen molar-refractivity contribution in [1.82, 2.24) is 9.97 Å². The van der Waals surface area contributed by atoms with E-state index in [0.29, 0.717) is 42.7 Å². The second kappa shape index (κ2) is 10.7. The maximum absolute atomic E-state index is 12.7. The number of carbonyl (C=O) groups is 3. The highest BCUT2D eigenvalue weighted by molar-refractivity contribution is 6.34. The summed E-state index contributed by atoms with van der Waals surface area (Å²) in [5.74, 6) is -0.830. The Labute approximate surface area is 222 Å². The molecule has 13 heteroatoms. The fraction of sp³-hybridized carbons (Fsp3) is 0.269. The molecule has 0 N–H and O–H groups in total. The van der Waals surface area contributed by atoms with Gasteiger partial charge in [-0.25, -0.2) is 14.7 Å². The Kier molecular flexibility index (Phi) is 7.04. The van der Waals surface area contributed by atoms with Crippen LogP contribution in [0.15, 0.2) is 54.9 Å². The van der Waals surface area contributed by atoms with Gasteiger partial charge >= 0.3 is 17.7 Å². The number of nitro groups is 1. The fourth-order valence-electron chi connectivity index (χ4n) is 4.49. The van der Waals surface area contributed by atoms with E-state index in [4.69, 9.17) is 14.2 Å². The molecule has 0 spiro atoms. The highest BCUT2D eigenvalue weighted by Crippen LogP contribution is 2.38. The van der Waals surface area contributed by atoms with E-state index in [2.05, 4.69) is 9.97 Å². The van der Waals surface area contributed by atoms with E-state index >= 15 is 0 Å². The second-order valence-electron chi connectivity index (χ2n) is 8.68. The topological polar surface area (TPSA) is 154 Å². The van der Waals surface area contributed by atoms with Crippen molar-refractivity contribution >= 4 is 35.2 Å². The molecule has 5 rings (SSSR count). The van der Waals surface area contributed by atoms with Gasteiger partial charge in [-0.05, 0) is 43.3 Å². The van der Waals surface area contributed by atoms with E-state index in [-0.39, 0.29) is 30.2 Å². The first-order valence-corrected chi connectivity index (χ1v) is 12.2. The van der Waals surface area contributed by atoms with Gasteiger partial charge in [0.05, 0.1) is 28.3 Å². The average molecular weight is 533 g/mol. The van der Waals surface area contributed by atoms with Crippen LogP contribution in [-0.2, 0) is 9.47 Å². The molecule has 2 aliphatic rings. The molecule has 0 bridgehead atoms. The van der Waals surface area contributed by atoms with E-state index in [1.807, 2.05) is 0 Å². The predicted molar refractivity (Wildman–Crippen MR) is 136 cm³/mol. The summed E-state index contributed by atoms with van der Waals surface area (Å²) in [6.45, 7) is 2.60. The Morgan fingerprint density at radius 2 is 1.67 bits per heavy atom. The van der Waals surface area contributed by atoms with E-state index in [1.54, 1.807) is 36.1 Å². The number of amides is 2. The molecule has 13 nitrogen and oxygen atoms in total. The standard InChI is InChI=1S/C26H23N5O8/c1-2-37-26(34)39-18-11-13-29(14-12-18)22-21(31(35)36)23(28-15-27-22)38-17-9-7-16(8-10-17)30-24(32)19-5-3-4-6-20(19)25(30)33/h3-10,15,18H,2,11-14H2,1H3. The second-order valence-corrected chi connectivity index (χ2v) is 8.68. The minimum Gasteiger partial charge on any atom is -0.435 e. The van der Waals surface area contributed by atoms with Crippen molar-refractivity contribution in [3.8, 4) is 11.6 Å². The number of hydrogen-bond acceptors (Lipinski definition) is 11. The minimum absolute atomic E-state index is 0.0854. The van der Waals surface area contributed by atoms with Crippen molar-refractivity contribution in [1.29, 1.82) is 0 Å². The summed E-state index contributed by atoms with van der Waals surface area (Å²) in [6.07, 6.45) is 0.947. The summed E-state index contributed by atoms with van der Waals surface area (Å²) >= 11 is 0. The normalized spacial score (nSPS) is 15.2. The van der Waals surface area contributed by atoms with E-state index < -0.39 is 28.6 Å². The van der Waals surface area contributed by atoms with Crippen LogP contribution < -0.4 is 14.5 Å². The Balaban J connectivity index is 1.31. The summed E-state index contributed by atoms with van der Waals surface area (Å²) in [5.41, 5.74) is 0.568. The number of aromatic nitrogens is 2. The van der Waals surface area contributed by atoms with Gasteiger partial charge in [0, 0.05) is 25.9 Å². The number of fused-ring (bicyclic) bond motifs is 1. The highest BCUT2D eigenvalue weighted by Gasteiger charge is 2.36. The molecule has 39 heavy (non-hydrogen) atoms. The lowest BCUT2D eigenvalue weighted by molar-refractivity contribution is -0.385. The van der Waals surface area contributed by atoms with Gasteiger partial charge in [-0.2, -0.15) is 4.98 Å². The van der Waals surface area contributed by atoms with Gasteiger partial charge in [-0.1, -0.05) is 12.1 Å². The SMILES string of the molecule is CCOC(=O)OC1CCN(c2ncnc(Oc3ccc(N4C(=O)c5ccccc5C4=O)cc3)c2[N+](=O)[O-])CC1. The fourth-order valence-corrected chi connectivity index (χ4v) is 4.49. The third kappa shape index (κ3) is 5.06. The Morgan fingerprint density at radius 3 is 2.26 bits per heavy atom. The molecule has 200 valence electrons. The van der Waals surface area contributed by atoms with E-state index in [9.17, 15) is 24.5 Å². The lowest BCUT2D eigenvalue weighted by atomic mass is 10.1. The van der Waals surface area contributed by atoms with Crippen LogP contribution >= 0.6 is 0 Å². The van der Waals surface area contributed by atoms with Crippen molar-refractivity contribution in [3.05, 3.63) is 76.1 Å². The van der Waals surface area contributed by atoms with Gasteiger partial charge in [0.1, 0.15) is 18.2 Å². The van der Waals surface area contributed by atoms with E-state index in [0.717, 1.165) is 4.90 Å². The first kappa shape index (κ1) is 25.6. The lowest BCUT2D eigenvalue weighted by Crippen LogP contribution is -2.38. The molecule has 2 aliphatic heterocycles. The third-order valence-electron chi connectivity index (χ3n) is 6.32. The third-order valence-corrected chi connectivity index (χ3v) is 6.32. The summed E-state index contributed by atoms with van der Waals surface area (Å²) in [7, 11) is 0. The monoisotopic (exact) mass is 533 g/mol. The quantitative estimate of drug-likeness (QED) is 0.186. The molecule has 1 aromatic heterocycles. The van der Waals surface area contributed by atoms with Crippen LogP contribution in [0.1, 0.15) is 40.5 Å². The number of anilines is 2. The van der Waals surface area contributed by atoms with Crippen LogP contribution in [0.5, 0.6) is 11.6 Å². The van der Waals surface area contributed by atoms with Gasteiger partial charge in [-0.15, -0.1) is 0 Å². The van der Waals surface area contributed by atoms with Gasteiger partial charge in [0.2, 0.25) is 5.82 Å². The molecule has 3 aromatic rings. The van der Waals surface area contributed by atoms with Crippen LogP contribution in [0.3, 0.4) is 0 Å². The number of carbonyl (C=O) groups excluding carboxylic acids is 3. The molecule has 1 saturated heterocycles. The zero-order chi connectivity index (χ0) is 27.5. The molecule has 0 atom stereocenters. The smallest absolute Gasteiger partial charge is 0.435 e. The summed E-state index contributed by atoms with van der Waals surface area (Å²) < 4.78 is 15.8. The number of hydrogen-bond donors (Lipinski definition) is 0. The number of rotatable bonds is 7. The molecular weight excluding hydrogens is 510 g/mol. The van der Waals surface area contributed by atoms with Gasteiger partial charge < -0.3 is 19.1 Å². The van der Waals surface area contributed by atoms with Gasteiger partial charge in [0.15, 0.2) is 0 Å². The maximum atomic E-state index is 12.7. The number of benzene rings is 2. The van der Waals surface area contributed by atoms with Crippen molar-refractivity contribution in [2.24, 2.45) is 0 Å². The molecule has 0 aliphatic carbocycles. The zero-order valence-electron chi connectivity index (χ0n) is 20.8. The molecule has 3 heterocycles. The zero-order valence-corrected chi connectivity index (χ0v) is 20.8. The van der Waals surface area contributed by atoms with Crippen LogP contribution in [0.4, 0.5) is 22.0 Å². The Hall–Kier alpha value is -5.07. The van der Waals surface area contributed by atoms with Crippen molar-refractivity contribution in [2.45, 2.75) is 25.9 Å². The molecule has 0 saturated carbocycles. The first-order chi connectivity index (χ1) is 18.9. The predicted octanol–water partition coefficient (Wildman–Crippen LogP) is 4.12. The summed E-state index contributed by atoms with van der Waals surface area (Å²) in [6, 6.07) is 12.6. The number of imide groups is 1. The highest BCUT2D eigenvalue weighted by atomic mass is 16.7.